The van der Waals surface area contributed by atoms with E-state index in [1.165, 1.54) is 23.5 Å². The fourth-order valence-electron chi connectivity index (χ4n) is 4.04. The first-order valence-electron chi connectivity index (χ1n) is 10.2. The van der Waals surface area contributed by atoms with Crippen molar-refractivity contribution in [2.24, 2.45) is 0 Å². The van der Waals surface area contributed by atoms with Gasteiger partial charge in [-0.2, -0.15) is 0 Å². The number of halogens is 1. The number of piperazine rings is 1. The Morgan fingerprint density at radius 3 is 2.83 bits per heavy atom. The third-order valence-electron chi connectivity index (χ3n) is 5.75. The molecule has 29 heavy (non-hydrogen) atoms. The molecule has 2 aromatic rings. The van der Waals surface area contributed by atoms with Crippen molar-refractivity contribution < 1.29 is 9.18 Å². The molecule has 2 aliphatic rings. The van der Waals surface area contributed by atoms with Crippen molar-refractivity contribution in [2.45, 2.75) is 25.8 Å². The van der Waals surface area contributed by atoms with Crippen LogP contribution in [0.3, 0.4) is 0 Å². The Bertz CT molecular complexity index is 838. The van der Waals surface area contributed by atoms with E-state index in [-0.39, 0.29) is 11.8 Å². The number of hydrogen-bond acceptors (Lipinski definition) is 6. The molecule has 2 aliphatic heterocycles. The van der Waals surface area contributed by atoms with E-state index in [0.29, 0.717) is 17.6 Å². The number of anilines is 1. The van der Waals surface area contributed by atoms with Crippen LogP contribution in [-0.4, -0.2) is 82.8 Å². The molecule has 1 atom stereocenters. The molecule has 7 nitrogen and oxygen atoms in total. The molecule has 0 aliphatic carbocycles. The summed E-state index contributed by atoms with van der Waals surface area (Å²) < 4.78 is 13.3. The lowest BCUT2D eigenvalue weighted by Crippen LogP contribution is -2.51. The summed E-state index contributed by atoms with van der Waals surface area (Å²) in [7, 11) is 0. The lowest BCUT2D eigenvalue weighted by molar-refractivity contribution is 0.103. The summed E-state index contributed by atoms with van der Waals surface area (Å²) >= 11 is 1.33. The molecule has 1 aromatic carbocycles. The molecule has 4 rings (SSSR count). The van der Waals surface area contributed by atoms with Gasteiger partial charge in [0.2, 0.25) is 5.13 Å². The topological polar surface area (TPSA) is 64.6 Å². The second-order valence-corrected chi connectivity index (χ2v) is 8.66. The largest absolute Gasteiger partial charge is 0.323 e. The highest BCUT2D eigenvalue weighted by molar-refractivity contribution is 7.15. The van der Waals surface area contributed by atoms with Crippen molar-refractivity contribution in [3.8, 4) is 0 Å². The lowest BCUT2D eigenvalue weighted by Gasteiger charge is -2.37. The molecule has 0 bridgehead atoms. The van der Waals surface area contributed by atoms with Crippen LogP contribution < -0.4 is 5.32 Å². The summed E-state index contributed by atoms with van der Waals surface area (Å²) in [6.45, 7) is 9.20. The Balaban J connectivity index is 1.27. The summed E-state index contributed by atoms with van der Waals surface area (Å²) in [5.74, 6) is -0.264. The summed E-state index contributed by atoms with van der Waals surface area (Å²) in [4.78, 5) is 19.5. The number of rotatable bonds is 5. The first-order valence-corrected chi connectivity index (χ1v) is 11.0. The molecule has 1 unspecified atom stereocenters. The quantitative estimate of drug-likeness (QED) is 0.808. The molecule has 0 saturated carbocycles. The molecule has 1 aromatic heterocycles. The van der Waals surface area contributed by atoms with Crippen LogP contribution in [0.4, 0.5) is 14.3 Å². The Hall–Kier alpha value is -2.10. The van der Waals surface area contributed by atoms with E-state index in [2.05, 4.69) is 32.2 Å². The number of aromatic nitrogens is 2. The van der Waals surface area contributed by atoms with Crippen LogP contribution in [0.25, 0.3) is 0 Å². The summed E-state index contributed by atoms with van der Waals surface area (Å²) in [6.07, 6.45) is 1.52. The van der Waals surface area contributed by atoms with Gasteiger partial charge in [0.15, 0.2) is 0 Å². The highest BCUT2D eigenvalue weighted by Gasteiger charge is 2.32. The van der Waals surface area contributed by atoms with Gasteiger partial charge in [-0.25, -0.2) is 9.18 Å². The monoisotopic (exact) mass is 418 g/mol. The maximum absolute atomic E-state index is 13.3. The fraction of sp³-hybridized carbons (Fsp3) is 0.550. The summed E-state index contributed by atoms with van der Waals surface area (Å²) in [5, 5.41) is 12.3. The van der Waals surface area contributed by atoms with E-state index in [1.54, 1.807) is 6.07 Å². The molecule has 3 heterocycles. The number of likely N-dealkylation sites (N-methyl/N-ethyl adjacent to an activating group) is 1. The number of nitrogens with one attached hydrogen (secondary N) is 1. The number of benzene rings is 1. The number of carbonyl (C=O) groups excluding carboxylic acids is 1. The molecule has 9 heteroatoms. The highest BCUT2D eigenvalue weighted by Crippen LogP contribution is 2.22. The smallest absolute Gasteiger partial charge is 0.323 e. The molecule has 156 valence electrons. The minimum Gasteiger partial charge on any atom is -0.323 e. The zero-order valence-electron chi connectivity index (χ0n) is 16.7. The molecule has 2 amide bonds. The van der Waals surface area contributed by atoms with E-state index < -0.39 is 0 Å². The zero-order valence-corrected chi connectivity index (χ0v) is 17.5. The van der Waals surface area contributed by atoms with Crippen LogP contribution in [0, 0.1) is 5.82 Å². The van der Waals surface area contributed by atoms with E-state index in [9.17, 15) is 9.18 Å². The van der Waals surface area contributed by atoms with Crippen LogP contribution in [0.1, 0.15) is 23.9 Å². The van der Waals surface area contributed by atoms with Crippen molar-refractivity contribution in [1.29, 1.82) is 0 Å². The van der Waals surface area contributed by atoms with Crippen molar-refractivity contribution in [3.05, 3.63) is 40.7 Å². The SMILES string of the molecule is CCN1CCN(C2CCN(C(=O)Nc3nnc(Cc4cccc(F)c4)s3)C2)CC1. The molecule has 1 N–H and O–H groups in total. The standard InChI is InChI=1S/C20H27FN6OS/c1-2-25-8-10-26(11-9-25)17-6-7-27(14-17)20(28)22-19-24-23-18(29-19)13-15-4-3-5-16(21)12-15/h3-5,12,17H,2,6-11,13-14H2,1H3,(H,22,24,28). The van der Waals surface area contributed by atoms with Gasteiger partial charge in [0.1, 0.15) is 10.8 Å². The molecular weight excluding hydrogens is 391 g/mol. The van der Waals surface area contributed by atoms with Gasteiger partial charge >= 0.3 is 6.03 Å². The average molecular weight is 419 g/mol. The Morgan fingerprint density at radius 1 is 1.24 bits per heavy atom. The predicted molar refractivity (Wildman–Crippen MR) is 112 cm³/mol. The number of hydrogen-bond donors (Lipinski definition) is 1. The van der Waals surface area contributed by atoms with Crippen molar-refractivity contribution in [2.75, 3.05) is 51.1 Å². The zero-order chi connectivity index (χ0) is 20.2. The first kappa shape index (κ1) is 20.2. The van der Waals surface area contributed by atoms with Crippen molar-refractivity contribution in [1.82, 2.24) is 24.9 Å². The second-order valence-electron chi connectivity index (χ2n) is 7.60. The van der Waals surface area contributed by atoms with Crippen LogP contribution in [0.5, 0.6) is 0 Å². The fourth-order valence-corrected chi connectivity index (χ4v) is 4.80. The third-order valence-corrected chi connectivity index (χ3v) is 6.58. The van der Waals surface area contributed by atoms with Crippen molar-refractivity contribution in [3.63, 3.8) is 0 Å². The van der Waals surface area contributed by atoms with Gasteiger partial charge in [-0.05, 0) is 30.7 Å². The predicted octanol–water partition coefficient (Wildman–Crippen LogP) is 2.51. The highest BCUT2D eigenvalue weighted by atomic mass is 32.1. The molecule has 2 fully saturated rings. The van der Waals surface area contributed by atoms with E-state index >= 15 is 0 Å². The van der Waals surface area contributed by atoms with Crippen LogP contribution in [0.15, 0.2) is 24.3 Å². The Labute approximate surface area is 174 Å². The van der Waals surface area contributed by atoms with E-state index in [0.717, 1.165) is 62.8 Å². The molecular formula is C20H27FN6OS. The molecule has 0 radical (unpaired) electrons. The number of likely N-dealkylation sites (tertiary alicyclic amines) is 1. The number of carbonyl (C=O) groups is 1. The van der Waals surface area contributed by atoms with Crippen molar-refractivity contribution >= 4 is 22.5 Å². The lowest BCUT2D eigenvalue weighted by atomic mass is 10.1. The van der Waals surface area contributed by atoms with Gasteiger partial charge in [0, 0.05) is 51.7 Å². The van der Waals surface area contributed by atoms with Gasteiger partial charge in [-0.1, -0.05) is 30.4 Å². The van der Waals surface area contributed by atoms with E-state index in [1.807, 2.05) is 11.0 Å². The number of amides is 2. The van der Waals surface area contributed by atoms with Gasteiger partial charge < -0.3 is 9.80 Å². The molecule has 0 spiro atoms. The summed E-state index contributed by atoms with van der Waals surface area (Å²) in [6, 6.07) is 6.77. The minimum atomic E-state index is -0.264. The summed E-state index contributed by atoms with van der Waals surface area (Å²) in [5.41, 5.74) is 0.838. The maximum Gasteiger partial charge on any atom is 0.323 e. The van der Waals surface area contributed by atoms with Crippen LogP contribution in [-0.2, 0) is 6.42 Å². The van der Waals surface area contributed by atoms with Gasteiger partial charge in [-0.3, -0.25) is 10.2 Å². The van der Waals surface area contributed by atoms with E-state index in [4.69, 9.17) is 0 Å². The first-order chi connectivity index (χ1) is 14.1. The van der Waals surface area contributed by atoms with Gasteiger partial charge in [0.05, 0.1) is 0 Å². The number of nitrogens with zero attached hydrogens (tertiary/aromatic N) is 5. The van der Waals surface area contributed by atoms with Crippen LogP contribution in [0.2, 0.25) is 0 Å². The van der Waals surface area contributed by atoms with Gasteiger partial charge in [0.25, 0.3) is 0 Å². The number of urea groups is 1. The Kier molecular flexibility index (Phi) is 6.37. The average Bonchev–Trinajstić information content (AvgIpc) is 3.38. The van der Waals surface area contributed by atoms with Gasteiger partial charge in [-0.15, -0.1) is 10.2 Å². The second kappa shape index (κ2) is 9.15. The third kappa shape index (κ3) is 5.09. The Morgan fingerprint density at radius 2 is 2.07 bits per heavy atom. The van der Waals surface area contributed by atoms with Crippen LogP contribution >= 0.6 is 11.3 Å². The maximum atomic E-state index is 13.3. The molecule has 2 saturated heterocycles. The minimum absolute atomic E-state index is 0.117. The normalized spacial score (nSPS) is 20.9.